The predicted molar refractivity (Wildman–Crippen MR) is 78.7 cm³/mol. The first-order chi connectivity index (χ1) is 9.26. The Kier molecular flexibility index (Phi) is 4.80. The van der Waals surface area contributed by atoms with Gasteiger partial charge in [0.05, 0.1) is 17.6 Å². The van der Waals surface area contributed by atoms with E-state index in [1.807, 2.05) is 19.1 Å². The van der Waals surface area contributed by atoms with Crippen molar-refractivity contribution in [1.29, 1.82) is 0 Å². The van der Waals surface area contributed by atoms with Crippen molar-refractivity contribution in [2.45, 2.75) is 26.7 Å². The molecule has 0 radical (unpaired) electrons. The van der Waals surface area contributed by atoms with Gasteiger partial charge in [-0.1, -0.05) is 6.92 Å². The summed E-state index contributed by atoms with van der Waals surface area (Å²) in [6, 6.07) is 6.10. The summed E-state index contributed by atoms with van der Waals surface area (Å²) in [5, 5.41) is 3.41. The zero-order valence-electron chi connectivity index (χ0n) is 12.1. The van der Waals surface area contributed by atoms with Gasteiger partial charge in [0.2, 0.25) is 0 Å². The van der Waals surface area contributed by atoms with Crippen LogP contribution in [0.5, 0.6) is 5.75 Å². The lowest BCUT2D eigenvalue weighted by Crippen LogP contribution is -2.19. The van der Waals surface area contributed by atoms with E-state index in [-0.39, 0.29) is 0 Å². The molecule has 0 saturated carbocycles. The fourth-order valence-corrected chi connectivity index (χ4v) is 2.21. The lowest BCUT2D eigenvalue weighted by Gasteiger charge is -2.04. The van der Waals surface area contributed by atoms with E-state index in [1.54, 1.807) is 0 Å². The second-order valence-corrected chi connectivity index (χ2v) is 4.67. The van der Waals surface area contributed by atoms with Gasteiger partial charge in [-0.3, -0.25) is 0 Å². The van der Waals surface area contributed by atoms with Crippen LogP contribution in [0.25, 0.3) is 11.0 Å². The van der Waals surface area contributed by atoms with Gasteiger partial charge in [-0.05, 0) is 32.0 Å². The number of hydrogen-bond donors (Lipinski definition) is 1. The number of fused-ring (bicyclic) bond motifs is 1. The molecule has 0 atom stereocenters. The van der Waals surface area contributed by atoms with Gasteiger partial charge in [0.15, 0.2) is 0 Å². The first-order valence-corrected chi connectivity index (χ1v) is 7.05. The molecule has 2 rings (SSSR count). The van der Waals surface area contributed by atoms with E-state index in [2.05, 4.69) is 29.9 Å². The van der Waals surface area contributed by atoms with E-state index < -0.39 is 0 Å². The predicted octanol–water partition coefficient (Wildman–Crippen LogP) is 2.51. The van der Waals surface area contributed by atoms with E-state index in [1.165, 1.54) is 6.42 Å². The van der Waals surface area contributed by atoms with Crippen molar-refractivity contribution in [1.82, 2.24) is 14.9 Å². The van der Waals surface area contributed by atoms with Gasteiger partial charge >= 0.3 is 0 Å². The fourth-order valence-electron chi connectivity index (χ4n) is 2.21. The highest BCUT2D eigenvalue weighted by Crippen LogP contribution is 2.21. The van der Waals surface area contributed by atoms with E-state index in [4.69, 9.17) is 9.72 Å². The largest absolute Gasteiger partial charge is 0.494 e. The van der Waals surface area contributed by atoms with Crippen molar-refractivity contribution in [2.75, 3.05) is 19.7 Å². The van der Waals surface area contributed by atoms with Crippen LogP contribution in [0.3, 0.4) is 0 Å². The van der Waals surface area contributed by atoms with E-state index in [0.29, 0.717) is 6.61 Å². The summed E-state index contributed by atoms with van der Waals surface area (Å²) >= 11 is 0. The molecule has 0 saturated heterocycles. The third-order valence-corrected chi connectivity index (χ3v) is 3.21. The maximum atomic E-state index is 5.51. The Morgan fingerprint density at radius 1 is 1.26 bits per heavy atom. The molecule has 4 heteroatoms. The van der Waals surface area contributed by atoms with E-state index in [0.717, 1.165) is 42.1 Å². The van der Waals surface area contributed by atoms with Crippen LogP contribution >= 0.6 is 0 Å². The minimum atomic E-state index is 0.687. The minimum absolute atomic E-state index is 0.687. The number of hydrogen-bond acceptors (Lipinski definition) is 3. The van der Waals surface area contributed by atoms with Crippen LogP contribution in [0.4, 0.5) is 0 Å². The normalized spacial score (nSPS) is 11.1. The molecule has 1 aromatic heterocycles. The maximum Gasteiger partial charge on any atom is 0.121 e. The average molecular weight is 261 g/mol. The molecule has 1 N–H and O–H groups in total. The number of rotatable bonds is 7. The van der Waals surface area contributed by atoms with Crippen molar-refractivity contribution in [2.24, 2.45) is 7.05 Å². The molecule has 0 aliphatic carbocycles. The van der Waals surface area contributed by atoms with Gasteiger partial charge < -0.3 is 14.6 Å². The number of nitrogens with one attached hydrogen (secondary N) is 1. The molecule has 0 bridgehead atoms. The molecule has 0 fully saturated rings. The molecule has 0 unspecified atom stereocenters. The van der Waals surface area contributed by atoms with E-state index >= 15 is 0 Å². The van der Waals surface area contributed by atoms with Crippen molar-refractivity contribution in [3.8, 4) is 5.75 Å². The summed E-state index contributed by atoms with van der Waals surface area (Å²) in [5.74, 6) is 2.01. The molecule has 1 heterocycles. The summed E-state index contributed by atoms with van der Waals surface area (Å²) in [4.78, 5) is 4.70. The Balaban J connectivity index is 2.14. The second-order valence-electron chi connectivity index (χ2n) is 4.67. The van der Waals surface area contributed by atoms with Crippen LogP contribution in [0.2, 0.25) is 0 Å². The highest BCUT2D eigenvalue weighted by molar-refractivity contribution is 5.77. The van der Waals surface area contributed by atoms with Gasteiger partial charge in [-0.2, -0.15) is 0 Å². The molecule has 2 aromatic rings. The van der Waals surface area contributed by atoms with Gasteiger partial charge in [0.1, 0.15) is 11.6 Å². The zero-order valence-corrected chi connectivity index (χ0v) is 12.1. The summed E-state index contributed by atoms with van der Waals surface area (Å²) < 4.78 is 7.68. The summed E-state index contributed by atoms with van der Waals surface area (Å²) in [5.41, 5.74) is 2.17. The van der Waals surface area contributed by atoms with Crippen molar-refractivity contribution < 1.29 is 4.74 Å². The molecule has 19 heavy (non-hydrogen) atoms. The first kappa shape index (κ1) is 13.9. The monoisotopic (exact) mass is 261 g/mol. The van der Waals surface area contributed by atoms with Gasteiger partial charge in [-0.25, -0.2) is 4.98 Å². The molecule has 104 valence electrons. The Morgan fingerprint density at radius 3 is 2.84 bits per heavy atom. The van der Waals surface area contributed by atoms with Gasteiger partial charge in [0, 0.05) is 26.1 Å². The van der Waals surface area contributed by atoms with Crippen LogP contribution in [0, 0.1) is 0 Å². The molecule has 4 nitrogen and oxygen atoms in total. The molecule has 0 aliphatic rings. The number of aryl methyl sites for hydroxylation is 1. The SMILES string of the molecule is CCCNCCc1nc2cc(OCC)ccc2n1C. The third kappa shape index (κ3) is 3.26. The van der Waals surface area contributed by atoms with Crippen LogP contribution in [-0.2, 0) is 13.5 Å². The second kappa shape index (κ2) is 6.57. The molecular weight excluding hydrogens is 238 g/mol. The number of imidazole rings is 1. The Bertz CT molecular complexity index is 533. The van der Waals surface area contributed by atoms with Crippen molar-refractivity contribution in [3.05, 3.63) is 24.0 Å². The number of ether oxygens (including phenoxy) is 1. The van der Waals surface area contributed by atoms with Crippen molar-refractivity contribution >= 4 is 11.0 Å². The molecule has 0 amide bonds. The highest BCUT2D eigenvalue weighted by Gasteiger charge is 2.08. The van der Waals surface area contributed by atoms with Crippen molar-refractivity contribution in [3.63, 3.8) is 0 Å². The fraction of sp³-hybridized carbons (Fsp3) is 0.533. The zero-order chi connectivity index (χ0) is 13.7. The number of nitrogens with zero attached hydrogens (tertiary/aromatic N) is 2. The van der Waals surface area contributed by atoms with Crippen LogP contribution in [-0.4, -0.2) is 29.2 Å². The molecule has 0 aliphatic heterocycles. The minimum Gasteiger partial charge on any atom is -0.494 e. The first-order valence-electron chi connectivity index (χ1n) is 7.05. The maximum absolute atomic E-state index is 5.51. The highest BCUT2D eigenvalue weighted by atomic mass is 16.5. The van der Waals surface area contributed by atoms with Gasteiger partial charge in [0.25, 0.3) is 0 Å². The smallest absolute Gasteiger partial charge is 0.121 e. The quantitative estimate of drug-likeness (QED) is 0.778. The summed E-state index contributed by atoms with van der Waals surface area (Å²) in [7, 11) is 2.07. The standard InChI is InChI=1S/C15H23N3O/c1-4-9-16-10-8-15-17-13-11-12(19-5-2)6-7-14(13)18(15)3/h6-7,11,16H,4-5,8-10H2,1-3H3. The molecule has 1 aromatic carbocycles. The Hall–Kier alpha value is -1.55. The van der Waals surface area contributed by atoms with Gasteiger partial charge in [-0.15, -0.1) is 0 Å². The average Bonchev–Trinajstić information content (AvgIpc) is 2.72. The number of benzene rings is 1. The lowest BCUT2D eigenvalue weighted by atomic mass is 10.3. The number of aromatic nitrogens is 2. The van der Waals surface area contributed by atoms with E-state index in [9.17, 15) is 0 Å². The summed E-state index contributed by atoms with van der Waals surface area (Å²) in [6.45, 7) is 6.90. The Labute approximate surface area is 114 Å². The topological polar surface area (TPSA) is 39.1 Å². The summed E-state index contributed by atoms with van der Waals surface area (Å²) in [6.07, 6.45) is 2.12. The molecular formula is C15H23N3O. The Morgan fingerprint density at radius 2 is 2.11 bits per heavy atom. The lowest BCUT2D eigenvalue weighted by molar-refractivity contribution is 0.340. The third-order valence-electron chi connectivity index (χ3n) is 3.21. The van der Waals surface area contributed by atoms with Crippen LogP contribution in [0.1, 0.15) is 26.1 Å². The van der Waals surface area contributed by atoms with Crippen LogP contribution < -0.4 is 10.1 Å². The van der Waals surface area contributed by atoms with Crippen LogP contribution in [0.15, 0.2) is 18.2 Å². The molecule has 0 spiro atoms.